The largest absolute Gasteiger partial charge is 0.395 e. The van der Waals surface area contributed by atoms with Crippen LogP contribution in [0.2, 0.25) is 0 Å². The van der Waals surface area contributed by atoms with E-state index in [2.05, 4.69) is 36.0 Å². The molecule has 1 fully saturated rings. The van der Waals surface area contributed by atoms with Gasteiger partial charge in [-0.1, -0.05) is 13.8 Å². The van der Waals surface area contributed by atoms with E-state index in [-0.39, 0.29) is 12.6 Å². The zero-order valence-corrected chi connectivity index (χ0v) is 11.7. The lowest BCUT2D eigenvalue weighted by Gasteiger charge is -2.33. The van der Waals surface area contributed by atoms with Crippen LogP contribution in [0.3, 0.4) is 0 Å². The molecule has 1 aliphatic heterocycles. The van der Waals surface area contributed by atoms with Gasteiger partial charge in [-0.15, -0.1) is 0 Å². The first-order valence-electron chi connectivity index (χ1n) is 6.98. The van der Waals surface area contributed by atoms with Gasteiger partial charge in [0.25, 0.3) is 0 Å². The molecule has 0 aromatic heterocycles. The summed E-state index contributed by atoms with van der Waals surface area (Å²) in [5.74, 6) is 0. The molecule has 4 heteroatoms. The number of rotatable bonds is 6. The quantitative estimate of drug-likeness (QED) is 0.707. The standard InChI is InChI=1S/C13H29N3O/c1-4-13-10-15(3)7-6-8-16(13)9-12(11-17)14-5-2/h12-14,17H,4-11H2,1-3H3. The first kappa shape index (κ1) is 14.9. The Labute approximate surface area is 106 Å². The highest BCUT2D eigenvalue weighted by atomic mass is 16.3. The van der Waals surface area contributed by atoms with Gasteiger partial charge in [-0.3, -0.25) is 4.90 Å². The summed E-state index contributed by atoms with van der Waals surface area (Å²) in [6.45, 7) is 9.99. The topological polar surface area (TPSA) is 38.7 Å². The lowest BCUT2D eigenvalue weighted by Crippen LogP contribution is -2.48. The van der Waals surface area contributed by atoms with Crippen LogP contribution in [0, 0.1) is 0 Å². The van der Waals surface area contributed by atoms with Crippen molar-refractivity contribution < 1.29 is 5.11 Å². The van der Waals surface area contributed by atoms with Crippen molar-refractivity contribution in [3.8, 4) is 0 Å². The third kappa shape index (κ3) is 4.92. The van der Waals surface area contributed by atoms with Crippen LogP contribution >= 0.6 is 0 Å². The van der Waals surface area contributed by atoms with E-state index in [9.17, 15) is 5.11 Å². The second kappa shape index (κ2) is 8.03. The van der Waals surface area contributed by atoms with E-state index in [0.717, 1.165) is 26.2 Å². The fraction of sp³-hybridized carbons (Fsp3) is 1.00. The number of hydrogen-bond donors (Lipinski definition) is 2. The Bertz CT molecular complexity index is 201. The lowest BCUT2D eigenvalue weighted by molar-refractivity contribution is 0.140. The van der Waals surface area contributed by atoms with Crippen molar-refractivity contribution >= 4 is 0 Å². The lowest BCUT2D eigenvalue weighted by atomic mass is 10.1. The van der Waals surface area contributed by atoms with Crippen LogP contribution in [0.1, 0.15) is 26.7 Å². The fourth-order valence-corrected chi connectivity index (χ4v) is 2.68. The second-order valence-corrected chi connectivity index (χ2v) is 5.11. The molecule has 2 atom stereocenters. The van der Waals surface area contributed by atoms with E-state index in [4.69, 9.17) is 0 Å². The van der Waals surface area contributed by atoms with Crippen LogP contribution in [0.25, 0.3) is 0 Å². The molecule has 0 saturated carbocycles. The summed E-state index contributed by atoms with van der Waals surface area (Å²) in [6, 6.07) is 0.854. The van der Waals surface area contributed by atoms with Crippen molar-refractivity contribution in [1.82, 2.24) is 15.1 Å². The number of aliphatic hydroxyl groups excluding tert-OH is 1. The predicted octanol–water partition coefficient (Wildman–Crippen LogP) is 0.373. The van der Waals surface area contributed by atoms with E-state index in [0.29, 0.717) is 6.04 Å². The molecule has 0 spiro atoms. The van der Waals surface area contributed by atoms with Crippen LogP contribution in [-0.2, 0) is 0 Å². The van der Waals surface area contributed by atoms with Crippen molar-refractivity contribution in [3.05, 3.63) is 0 Å². The average molecular weight is 243 g/mol. The third-order valence-electron chi connectivity index (χ3n) is 3.66. The van der Waals surface area contributed by atoms with E-state index in [1.54, 1.807) is 0 Å². The van der Waals surface area contributed by atoms with Crippen molar-refractivity contribution in [2.45, 2.75) is 38.8 Å². The maximum Gasteiger partial charge on any atom is 0.0597 e. The number of hydrogen-bond acceptors (Lipinski definition) is 4. The Kier molecular flexibility index (Phi) is 7.04. The number of nitrogens with zero attached hydrogens (tertiary/aromatic N) is 2. The minimum absolute atomic E-state index is 0.220. The Hall–Kier alpha value is -0.160. The van der Waals surface area contributed by atoms with Crippen molar-refractivity contribution in [2.24, 2.45) is 0 Å². The summed E-state index contributed by atoms with van der Waals surface area (Å²) in [5.41, 5.74) is 0. The normalized spacial score (nSPS) is 25.8. The molecular formula is C13H29N3O. The number of likely N-dealkylation sites (N-methyl/N-ethyl adjacent to an activating group) is 2. The van der Waals surface area contributed by atoms with Crippen LogP contribution in [0.4, 0.5) is 0 Å². The molecule has 1 heterocycles. The summed E-state index contributed by atoms with van der Waals surface area (Å²) in [5, 5.41) is 12.7. The SMILES string of the molecule is CCNC(CO)CN1CCCN(C)CC1CC. The minimum Gasteiger partial charge on any atom is -0.395 e. The molecule has 102 valence electrons. The highest BCUT2D eigenvalue weighted by Crippen LogP contribution is 2.12. The van der Waals surface area contributed by atoms with Crippen molar-refractivity contribution in [2.75, 3.05) is 46.4 Å². The Morgan fingerprint density at radius 2 is 2.12 bits per heavy atom. The molecule has 0 bridgehead atoms. The summed E-state index contributed by atoms with van der Waals surface area (Å²) >= 11 is 0. The van der Waals surface area contributed by atoms with E-state index >= 15 is 0 Å². The van der Waals surface area contributed by atoms with Crippen LogP contribution in [0.15, 0.2) is 0 Å². The second-order valence-electron chi connectivity index (χ2n) is 5.11. The van der Waals surface area contributed by atoms with Gasteiger partial charge < -0.3 is 15.3 Å². The molecule has 0 amide bonds. The Morgan fingerprint density at radius 1 is 1.35 bits per heavy atom. The van der Waals surface area contributed by atoms with Gasteiger partial charge in [-0.05, 0) is 39.5 Å². The third-order valence-corrected chi connectivity index (χ3v) is 3.66. The van der Waals surface area contributed by atoms with Gasteiger partial charge in [-0.2, -0.15) is 0 Å². The van der Waals surface area contributed by atoms with Gasteiger partial charge in [0.15, 0.2) is 0 Å². The number of aliphatic hydroxyl groups is 1. The summed E-state index contributed by atoms with van der Waals surface area (Å²) in [6.07, 6.45) is 2.42. The minimum atomic E-state index is 0.220. The van der Waals surface area contributed by atoms with Crippen molar-refractivity contribution in [1.29, 1.82) is 0 Å². The van der Waals surface area contributed by atoms with Gasteiger partial charge in [0, 0.05) is 25.2 Å². The molecular weight excluding hydrogens is 214 g/mol. The van der Waals surface area contributed by atoms with E-state index in [1.807, 2.05) is 0 Å². The summed E-state index contributed by atoms with van der Waals surface area (Å²) < 4.78 is 0. The zero-order valence-electron chi connectivity index (χ0n) is 11.7. The van der Waals surface area contributed by atoms with Gasteiger partial charge in [0.05, 0.1) is 6.61 Å². The monoisotopic (exact) mass is 243 g/mol. The van der Waals surface area contributed by atoms with Gasteiger partial charge >= 0.3 is 0 Å². The van der Waals surface area contributed by atoms with Gasteiger partial charge in [-0.25, -0.2) is 0 Å². The average Bonchev–Trinajstić information content (AvgIpc) is 2.50. The highest BCUT2D eigenvalue weighted by Gasteiger charge is 2.23. The van der Waals surface area contributed by atoms with E-state index in [1.165, 1.54) is 19.4 Å². The molecule has 0 aliphatic carbocycles. The Balaban J connectivity index is 2.52. The maximum absolute atomic E-state index is 9.37. The summed E-state index contributed by atoms with van der Waals surface area (Å²) in [4.78, 5) is 4.97. The molecule has 2 N–H and O–H groups in total. The van der Waals surface area contributed by atoms with Crippen LogP contribution in [-0.4, -0.2) is 73.4 Å². The molecule has 0 aromatic rings. The molecule has 2 unspecified atom stereocenters. The highest BCUT2D eigenvalue weighted by molar-refractivity contribution is 4.81. The molecule has 1 rings (SSSR count). The molecule has 0 aromatic carbocycles. The number of nitrogens with one attached hydrogen (secondary N) is 1. The van der Waals surface area contributed by atoms with Gasteiger partial charge in [0.1, 0.15) is 0 Å². The fourth-order valence-electron chi connectivity index (χ4n) is 2.68. The van der Waals surface area contributed by atoms with Crippen molar-refractivity contribution in [3.63, 3.8) is 0 Å². The molecule has 0 radical (unpaired) electrons. The van der Waals surface area contributed by atoms with Gasteiger partial charge in [0.2, 0.25) is 0 Å². The first-order chi connectivity index (χ1) is 8.21. The molecule has 17 heavy (non-hydrogen) atoms. The first-order valence-corrected chi connectivity index (χ1v) is 6.98. The van der Waals surface area contributed by atoms with E-state index < -0.39 is 0 Å². The Morgan fingerprint density at radius 3 is 2.71 bits per heavy atom. The molecule has 1 aliphatic rings. The maximum atomic E-state index is 9.37. The molecule has 1 saturated heterocycles. The smallest absolute Gasteiger partial charge is 0.0597 e. The van der Waals surface area contributed by atoms with Crippen LogP contribution in [0.5, 0.6) is 0 Å². The van der Waals surface area contributed by atoms with Crippen LogP contribution < -0.4 is 5.32 Å². The summed E-state index contributed by atoms with van der Waals surface area (Å²) in [7, 11) is 2.21. The predicted molar refractivity (Wildman–Crippen MR) is 72.3 cm³/mol. The molecule has 4 nitrogen and oxygen atoms in total. The zero-order chi connectivity index (χ0) is 12.7.